The molecule has 0 atom stereocenters. The summed E-state index contributed by atoms with van der Waals surface area (Å²) in [6, 6.07) is 13.9. The minimum absolute atomic E-state index is 0. The van der Waals surface area contributed by atoms with Crippen LogP contribution in [0.1, 0.15) is 27.2 Å². The van der Waals surface area contributed by atoms with Crippen LogP contribution in [0, 0.1) is 6.92 Å². The van der Waals surface area contributed by atoms with Crippen molar-refractivity contribution in [2.24, 2.45) is 0 Å². The van der Waals surface area contributed by atoms with Crippen molar-refractivity contribution in [3.8, 4) is 17.2 Å². The Kier molecular flexibility index (Phi) is 12.3. The zero-order valence-electron chi connectivity index (χ0n) is 22.4. The number of fused-ring (bicyclic) bond motifs is 1. The molecule has 0 fully saturated rings. The van der Waals surface area contributed by atoms with Crippen molar-refractivity contribution in [3.63, 3.8) is 0 Å². The van der Waals surface area contributed by atoms with Crippen LogP contribution in [0.25, 0.3) is 11.0 Å². The average molecular weight is 623 g/mol. The van der Waals surface area contributed by atoms with Crippen molar-refractivity contribution in [2.75, 3.05) is 7.11 Å². The van der Waals surface area contributed by atoms with E-state index < -0.39 is 31.4 Å². The SMILES string of the molecule is COC(=O)c1c(C)oc2cc(OCc3cccc(OS(=O)(=O)[O-])c3)c(OCc3cccc(S(=O)(=O)[O-])c3)cc12.[Na+].[Na+]. The number of ether oxygens (including phenoxy) is 3. The van der Waals surface area contributed by atoms with Gasteiger partial charge in [-0.05, 0) is 48.4 Å². The van der Waals surface area contributed by atoms with Crippen molar-refractivity contribution in [2.45, 2.75) is 25.0 Å². The fraction of sp³-hybridized carbons (Fsp3) is 0.160. The second kappa shape index (κ2) is 14.4. The molecule has 3 aromatic carbocycles. The van der Waals surface area contributed by atoms with Crippen molar-refractivity contribution in [3.05, 3.63) is 83.1 Å². The van der Waals surface area contributed by atoms with Crippen LogP contribution in [-0.2, 0) is 38.5 Å². The van der Waals surface area contributed by atoms with E-state index in [2.05, 4.69) is 4.18 Å². The Balaban J connectivity index is 0.00000294. The quantitative estimate of drug-likeness (QED) is 0.0782. The molecule has 0 bridgehead atoms. The molecule has 206 valence electrons. The topological polar surface area (TPSA) is 182 Å². The van der Waals surface area contributed by atoms with Gasteiger partial charge in [-0.3, -0.25) is 0 Å². The van der Waals surface area contributed by atoms with Gasteiger partial charge < -0.3 is 31.9 Å². The number of esters is 1. The molecule has 0 saturated carbocycles. The van der Waals surface area contributed by atoms with E-state index in [4.69, 9.17) is 18.6 Å². The number of hydrogen-bond donors (Lipinski definition) is 0. The normalized spacial score (nSPS) is 11.2. The van der Waals surface area contributed by atoms with Crippen LogP contribution in [-0.4, -0.2) is 39.0 Å². The Bertz CT molecular complexity index is 1770. The molecule has 0 radical (unpaired) electrons. The summed E-state index contributed by atoms with van der Waals surface area (Å²) in [5.41, 5.74) is 1.27. The first-order valence-electron chi connectivity index (χ1n) is 11.0. The zero-order chi connectivity index (χ0) is 28.4. The summed E-state index contributed by atoms with van der Waals surface area (Å²) in [6.07, 6.45) is 0. The van der Waals surface area contributed by atoms with E-state index in [0.29, 0.717) is 16.5 Å². The minimum Gasteiger partial charge on any atom is -0.744 e. The second-order valence-corrected chi connectivity index (χ2v) is 10.5. The van der Waals surface area contributed by atoms with Crippen LogP contribution < -0.4 is 72.8 Å². The van der Waals surface area contributed by atoms with Gasteiger partial charge in [0.25, 0.3) is 10.4 Å². The minimum atomic E-state index is -4.97. The molecule has 41 heavy (non-hydrogen) atoms. The Morgan fingerprint density at radius 3 is 2.02 bits per heavy atom. The predicted octanol–water partition coefficient (Wildman–Crippen LogP) is -2.56. The van der Waals surface area contributed by atoms with Crippen molar-refractivity contribution in [1.29, 1.82) is 0 Å². The van der Waals surface area contributed by atoms with E-state index in [1.807, 2.05) is 0 Å². The maximum Gasteiger partial charge on any atom is 1.00 e. The number of methoxy groups -OCH3 is 1. The maximum atomic E-state index is 12.3. The summed E-state index contributed by atoms with van der Waals surface area (Å²) >= 11 is 0. The predicted molar refractivity (Wildman–Crippen MR) is 132 cm³/mol. The summed E-state index contributed by atoms with van der Waals surface area (Å²) in [5, 5.41) is 0.369. The van der Waals surface area contributed by atoms with E-state index in [-0.39, 0.29) is 106 Å². The molecule has 1 heterocycles. The van der Waals surface area contributed by atoms with Crippen LogP contribution in [0.3, 0.4) is 0 Å². The third-order valence-corrected chi connectivity index (χ3v) is 6.62. The summed E-state index contributed by atoms with van der Waals surface area (Å²) < 4.78 is 93.5. The third-order valence-electron chi connectivity index (χ3n) is 5.39. The molecule has 0 N–H and O–H groups in total. The van der Waals surface area contributed by atoms with Gasteiger partial charge in [-0.1, -0.05) is 24.3 Å². The van der Waals surface area contributed by atoms with Gasteiger partial charge in [-0.15, -0.1) is 0 Å². The van der Waals surface area contributed by atoms with Crippen molar-refractivity contribution in [1.82, 2.24) is 0 Å². The molecule has 0 unspecified atom stereocenters. The van der Waals surface area contributed by atoms with Gasteiger partial charge in [0.05, 0.1) is 12.0 Å². The average Bonchev–Trinajstić information content (AvgIpc) is 3.18. The summed E-state index contributed by atoms with van der Waals surface area (Å²) in [7, 11) is -8.42. The first-order chi connectivity index (χ1) is 18.3. The summed E-state index contributed by atoms with van der Waals surface area (Å²) in [6.45, 7) is 1.30. The fourth-order valence-electron chi connectivity index (χ4n) is 3.73. The molecule has 4 aromatic rings. The number of hydrogen-bond acceptors (Lipinski definition) is 12. The number of furan rings is 1. The molecule has 0 aliphatic carbocycles. The van der Waals surface area contributed by atoms with Crippen LogP contribution in [0.5, 0.6) is 17.2 Å². The first kappa shape index (κ1) is 35.1. The molecule has 0 amide bonds. The Morgan fingerprint density at radius 2 is 1.44 bits per heavy atom. The van der Waals surface area contributed by atoms with Gasteiger partial charge in [0.15, 0.2) is 11.5 Å². The van der Waals surface area contributed by atoms with Gasteiger partial charge in [0, 0.05) is 11.5 Å². The zero-order valence-corrected chi connectivity index (χ0v) is 28.0. The number of rotatable bonds is 10. The van der Waals surface area contributed by atoms with Crippen LogP contribution in [0.2, 0.25) is 0 Å². The largest absolute Gasteiger partial charge is 1.00 e. The standard InChI is InChI=1S/C25H22O12S2.2Na/c1-15-24(25(26)33-2)20-11-22(34-14-17-6-4-8-19(10-17)38(27,28)29)23(12-21(20)36-15)35-13-16-5-3-7-18(9-16)37-39(30,31)32;;/h3-12H,13-14H2,1-2H3,(H,27,28,29)(H,30,31,32);;/q;2*+1/p-2. The van der Waals surface area contributed by atoms with E-state index in [1.165, 1.54) is 55.6 Å². The Morgan fingerprint density at radius 1 is 0.854 bits per heavy atom. The van der Waals surface area contributed by atoms with Gasteiger partial charge >= 0.3 is 65.1 Å². The molecule has 0 aliphatic heterocycles. The van der Waals surface area contributed by atoms with Crippen LogP contribution in [0.15, 0.2) is 70.0 Å². The molecular weight excluding hydrogens is 602 g/mol. The van der Waals surface area contributed by atoms with E-state index in [9.17, 15) is 30.7 Å². The first-order valence-corrected chi connectivity index (χ1v) is 13.8. The number of carbonyl (C=O) groups excluding carboxylic acids is 1. The second-order valence-electron chi connectivity index (χ2n) is 8.14. The van der Waals surface area contributed by atoms with E-state index in [1.54, 1.807) is 19.1 Å². The Labute approximate surface area is 280 Å². The molecule has 0 spiro atoms. The molecule has 0 saturated heterocycles. The van der Waals surface area contributed by atoms with Gasteiger partial charge in [-0.25, -0.2) is 21.6 Å². The summed E-state index contributed by atoms with van der Waals surface area (Å²) in [4.78, 5) is 11.9. The summed E-state index contributed by atoms with van der Waals surface area (Å²) in [5.74, 6) is -0.252. The Hall–Kier alpha value is -2.11. The van der Waals surface area contributed by atoms with Crippen LogP contribution in [0.4, 0.5) is 0 Å². The molecule has 4 rings (SSSR count). The number of aryl methyl sites for hydroxylation is 1. The van der Waals surface area contributed by atoms with E-state index >= 15 is 0 Å². The fourth-order valence-corrected chi connectivity index (χ4v) is 4.61. The molecule has 1 aromatic heterocycles. The molecule has 12 nitrogen and oxygen atoms in total. The monoisotopic (exact) mass is 622 g/mol. The third kappa shape index (κ3) is 9.19. The van der Waals surface area contributed by atoms with Crippen molar-refractivity contribution >= 4 is 37.5 Å². The molecule has 16 heteroatoms. The number of carbonyl (C=O) groups is 1. The number of benzene rings is 3. The van der Waals surface area contributed by atoms with Gasteiger partial charge in [-0.2, -0.15) is 0 Å². The van der Waals surface area contributed by atoms with Gasteiger partial charge in [0.2, 0.25) is 0 Å². The molecular formula is C25H20Na2O12S2. The van der Waals surface area contributed by atoms with Crippen LogP contribution >= 0.6 is 0 Å². The maximum absolute atomic E-state index is 12.3. The van der Waals surface area contributed by atoms with E-state index in [0.717, 1.165) is 0 Å². The van der Waals surface area contributed by atoms with Gasteiger partial charge in [0.1, 0.15) is 46.0 Å². The smallest absolute Gasteiger partial charge is 0.744 e. The van der Waals surface area contributed by atoms with Crippen molar-refractivity contribution < 1.29 is 113 Å². The molecule has 0 aliphatic rings.